The van der Waals surface area contributed by atoms with E-state index in [9.17, 15) is 4.79 Å². The van der Waals surface area contributed by atoms with Crippen molar-refractivity contribution >= 4 is 28.8 Å². The molecule has 118 valence electrons. The van der Waals surface area contributed by atoms with Crippen molar-refractivity contribution in [1.29, 1.82) is 0 Å². The Morgan fingerprint density at radius 2 is 1.91 bits per heavy atom. The van der Waals surface area contributed by atoms with Gasteiger partial charge in [0.25, 0.3) is 5.22 Å². The van der Waals surface area contributed by atoms with E-state index in [1.165, 1.54) is 17.3 Å². The molecule has 23 heavy (non-hydrogen) atoms. The highest BCUT2D eigenvalue weighted by atomic mass is 32.2. The maximum Gasteiger partial charge on any atom is 0.257 e. The molecule has 0 bridgehead atoms. The Hall–Kier alpha value is -2.27. The van der Waals surface area contributed by atoms with Gasteiger partial charge in [-0.05, 0) is 24.6 Å². The van der Waals surface area contributed by atoms with Gasteiger partial charge in [0.05, 0.1) is 5.75 Å². The van der Waals surface area contributed by atoms with Crippen molar-refractivity contribution in [3.63, 3.8) is 0 Å². The predicted octanol–water partition coefficient (Wildman–Crippen LogP) is 3.89. The van der Waals surface area contributed by atoms with Crippen LogP contribution < -0.4 is 0 Å². The number of hydrogen-bond acceptors (Lipinski definition) is 4. The van der Waals surface area contributed by atoms with Crippen molar-refractivity contribution < 1.29 is 9.21 Å². The lowest BCUT2D eigenvalue weighted by Crippen LogP contribution is -2.27. The number of rotatable bonds is 5. The molecule has 0 fully saturated rings. The van der Waals surface area contributed by atoms with E-state index < -0.39 is 0 Å². The second-order valence-electron chi connectivity index (χ2n) is 5.47. The first-order chi connectivity index (χ1) is 11.1. The minimum atomic E-state index is 0.0535. The second-order valence-corrected chi connectivity index (χ2v) is 6.40. The normalized spacial score (nSPS) is 10.9. The molecule has 1 aromatic heterocycles. The third-order valence-corrected chi connectivity index (χ3v) is 4.37. The van der Waals surface area contributed by atoms with Gasteiger partial charge in [-0.15, -0.1) is 0 Å². The van der Waals surface area contributed by atoms with Crippen LogP contribution in [-0.4, -0.2) is 28.6 Å². The second kappa shape index (κ2) is 6.87. The standard InChI is InChI=1S/C18H18N2O2S/c1-13-7-9-14(10-8-13)11-20(2)17(21)12-23-18-19-15-5-3-4-6-16(15)22-18/h3-10H,11-12H2,1-2H3. The van der Waals surface area contributed by atoms with Gasteiger partial charge in [-0.25, -0.2) is 4.98 Å². The average molecular weight is 326 g/mol. The van der Waals surface area contributed by atoms with Crippen LogP contribution in [0.3, 0.4) is 0 Å². The molecule has 1 heterocycles. The number of carbonyl (C=O) groups excluding carboxylic acids is 1. The number of oxazole rings is 1. The molecule has 0 atom stereocenters. The molecule has 0 spiro atoms. The molecule has 2 aromatic carbocycles. The van der Waals surface area contributed by atoms with Crippen LogP contribution in [0.2, 0.25) is 0 Å². The zero-order chi connectivity index (χ0) is 16.2. The Morgan fingerprint density at radius 1 is 1.17 bits per heavy atom. The first-order valence-electron chi connectivity index (χ1n) is 7.40. The molecule has 0 saturated carbocycles. The van der Waals surface area contributed by atoms with Gasteiger partial charge in [0, 0.05) is 13.6 Å². The SMILES string of the molecule is Cc1ccc(CN(C)C(=O)CSc2nc3ccccc3o2)cc1. The zero-order valence-corrected chi connectivity index (χ0v) is 14.0. The topological polar surface area (TPSA) is 46.3 Å². The number of thioether (sulfide) groups is 1. The molecule has 0 aliphatic heterocycles. The number of fused-ring (bicyclic) bond motifs is 1. The van der Waals surface area contributed by atoms with Gasteiger partial charge < -0.3 is 9.32 Å². The number of hydrogen-bond donors (Lipinski definition) is 0. The van der Waals surface area contributed by atoms with E-state index in [1.54, 1.807) is 4.90 Å². The van der Waals surface area contributed by atoms with Crippen molar-refractivity contribution in [3.05, 3.63) is 59.7 Å². The number of benzene rings is 2. The largest absolute Gasteiger partial charge is 0.431 e. The highest BCUT2D eigenvalue weighted by Gasteiger charge is 2.13. The van der Waals surface area contributed by atoms with Crippen molar-refractivity contribution in [2.24, 2.45) is 0 Å². The van der Waals surface area contributed by atoms with Crippen LogP contribution in [0.25, 0.3) is 11.1 Å². The minimum absolute atomic E-state index is 0.0535. The molecule has 0 saturated heterocycles. The maximum atomic E-state index is 12.2. The molecule has 0 N–H and O–H groups in total. The molecule has 3 rings (SSSR count). The highest BCUT2D eigenvalue weighted by molar-refractivity contribution is 7.99. The van der Waals surface area contributed by atoms with Crippen LogP contribution in [0, 0.1) is 6.92 Å². The molecule has 0 aliphatic carbocycles. The Balaban J connectivity index is 1.56. The number of amides is 1. The van der Waals surface area contributed by atoms with E-state index in [-0.39, 0.29) is 5.91 Å². The lowest BCUT2D eigenvalue weighted by Gasteiger charge is -2.16. The van der Waals surface area contributed by atoms with Crippen LogP contribution in [0.15, 0.2) is 58.2 Å². The van der Waals surface area contributed by atoms with E-state index in [1.807, 2.05) is 43.4 Å². The lowest BCUT2D eigenvalue weighted by molar-refractivity contribution is -0.127. The summed E-state index contributed by atoms with van der Waals surface area (Å²) >= 11 is 1.33. The van der Waals surface area contributed by atoms with E-state index in [4.69, 9.17) is 4.42 Å². The Bertz CT molecular complexity index is 778. The monoisotopic (exact) mass is 326 g/mol. The lowest BCUT2D eigenvalue weighted by atomic mass is 10.1. The van der Waals surface area contributed by atoms with Crippen molar-refractivity contribution in [1.82, 2.24) is 9.88 Å². The van der Waals surface area contributed by atoms with Gasteiger partial charge in [0.15, 0.2) is 5.58 Å². The smallest absolute Gasteiger partial charge is 0.257 e. The summed E-state index contributed by atoms with van der Waals surface area (Å²) in [5.74, 6) is 0.368. The van der Waals surface area contributed by atoms with Gasteiger partial charge in [0.1, 0.15) is 5.52 Å². The number of para-hydroxylation sites is 2. The van der Waals surface area contributed by atoms with Crippen molar-refractivity contribution in [2.75, 3.05) is 12.8 Å². The maximum absolute atomic E-state index is 12.2. The number of nitrogens with zero attached hydrogens (tertiary/aromatic N) is 2. The number of carbonyl (C=O) groups is 1. The summed E-state index contributed by atoms with van der Waals surface area (Å²) in [6, 6.07) is 15.8. The van der Waals surface area contributed by atoms with Crippen LogP contribution in [0.4, 0.5) is 0 Å². The van der Waals surface area contributed by atoms with Crippen LogP contribution in [-0.2, 0) is 11.3 Å². The minimum Gasteiger partial charge on any atom is -0.431 e. The summed E-state index contributed by atoms with van der Waals surface area (Å²) in [5, 5.41) is 0.531. The van der Waals surface area contributed by atoms with Gasteiger partial charge in [-0.2, -0.15) is 0 Å². The molecule has 1 amide bonds. The summed E-state index contributed by atoms with van der Waals surface area (Å²) < 4.78 is 5.61. The summed E-state index contributed by atoms with van der Waals surface area (Å²) in [5.41, 5.74) is 3.90. The van der Waals surface area contributed by atoms with E-state index in [0.717, 1.165) is 16.7 Å². The van der Waals surface area contributed by atoms with Crippen molar-refractivity contribution in [2.45, 2.75) is 18.7 Å². The van der Waals surface area contributed by atoms with E-state index in [2.05, 4.69) is 24.0 Å². The molecule has 4 nitrogen and oxygen atoms in total. The first-order valence-corrected chi connectivity index (χ1v) is 8.38. The first kappa shape index (κ1) is 15.6. The Labute approximate surface area is 139 Å². The summed E-state index contributed by atoms with van der Waals surface area (Å²) in [6.45, 7) is 2.66. The fraction of sp³-hybridized carbons (Fsp3) is 0.222. The van der Waals surface area contributed by atoms with Gasteiger partial charge in [-0.1, -0.05) is 53.7 Å². The third kappa shape index (κ3) is 3.93. The Kier molecular flexibility index (Phi) is 4.67. The van der Waals surface area contributed by atoms with E-state index >= 15 is 0 Å². The molecule has 0 radical (unpaired) electrons. The zero-order valence-electron chi connectivity index (χ0n) is 13.2. The number of aryl methyl sites for hydroxylation is 1. The molecule has 0 unspecified atom stereocenters. The Morgan fingerprint density at radius 3 is 2.65 bits per heavy atom. The van der Waals surface area contributed by atoms with Gasteiger partial charge >= 0.3 is 0 Å². The van der Waals surface area contributed by atoms with Crippen LogP contribution in [0.1, 0.15) is 11.1 Å². The molecule has 0 aliphatic rings. The molecular weight excluding hydrogens is 308 g/mol. The van der Waals surface area contributed by atoms with Crippen LogP contribution in [0.5, 0.6) is 0 Å². The van der Waals surface area contributed by atoms with Crippen LogP contribution >= 0.6 is 11.8 Å². The quantitative estimate of drug-likeness (QED) is 0.667. The molecule has 3 aromatic rings. The fourth-order valence-corrected chi connectivity index (χ4v) is 2.98. The van der Waals surface area contributed by atoms with E-state index in [0.29, 0.717) is 17.5 Å². The predicted molar refractivity (Wildman–Crippen MR) is 92.4 cm³/mol. The molecular formula is C18H18N2O2S. The number of aromatic nitrogens is 1. The summed E-state index contributed by atoms with van der Waals surface area (Å²) in [4.78, 5) is 18.3. The summed E-state index contributed by atoms with van der Waals surface area (Å²) in [6.07, 6.45) is 0. The average Bonchev–Trinajstić information content (AvgIpc) is 2.97. The van der Waals surface area contributed by atoms with Gasteiger partial charge in [-0.3, -0.25) is 4.79 Å². The van der Waals surface area contributed by atoms with Gasteiger partial charge in [0.2, 0.25) is 5.91 Å². The summed E-state index contributed by atoms with van der Waals surface area (Å²) in [7, 11) is 1.81. The third-order valence-electron chi connectivity index (χ3n) is 3.56. The highest BCUT2D eigenvalue weighted by Crippen LogP contribution is 2.23. The fourth-order valence-electron chi connectivity index (χ4n) is 2.20. The molecule has 5 heteroatoms. The van der Waals surface area contributed by atoms with Crippen molar-refractivity contribution in [3.8, 4) is 0 Å².